The molecule has 1 aliphatic rings. The van der Waals surface area contributed by atoms with E-state index >= 15 is 0 Å². The predicted molar refractivity (Wildman–Crippen MR) is 110 cm³/mol. The maximum absolute atomic E-state index is 13.2. The second-order valence-electron chi connectivity index (χ2n) is 6.47. The highest BCUT2D eigenvalue weighted by Gasteiger charge is 2.30. The molecule has 0 unspecified atom stereocenters. The van der Waals surface area contributed by atoms with Gasteiger partial charge in [0, 0.05) is 19.6 Å². The van der Waals surface area contributed by atoms with Crippen LogP contribution in [0.1, 0.15) is 30.6 Å². The Morgan fingerprint density at radius 2 is 1.93 bits per heavy atom. The normalized spacial score (nSPS) is 15.2. The molecule has 1 fully saturated rings. The number of benzene rings is 1. The Bertz CT molecular complexity index is 886. The molecular weight excluding hydrogens is 376 g/mol. The number of carbonyl (C=O) groups excluding carboxylic acids is 1. The van der Waals surface area contributed by atoms with Gasteiger partial charge in [0.25, 0.3) is 0 Å². The molecule has 0 aliphatic carbocycles. The average molecular weight is 399 g/mol. The summed E-state index contributed by atoms with van der Waals surface area (Å²) in [5, 5.41) is 11.4. The summed E-state index contributed by atoms with van der Waals surface area (Å²) in [7, 11) is 0. The van der Waals surface area contributed by atoms with E-state index in [0.29, 0.717) is 0 Å². The van der Waals surface area contributed by atoms with Crippen LogP contribution in [0.25, 0.3) is 10.7 Å². The number of rotatable bonds is 6. The lowest BCUT2D eigenvalue weighted by atomic mass is 10.1. The van der Waals surface area contributed by atoms with Crippen molar-refractivity contribution in [2.45, 2.75) is 36.7 Å². The fraction of sp³-hybridized carbons (Fsp3) is 0.350. The number of hydrogen-bond donors (Lipinski definition) is 0. The minimum atomic E-state index is -0.296. The number of amides is 1. The van der Waals surface area contributed by atoms with E-state index in [9.17, 15) is 4.79 Å². The Morgan fingerprint density at radius 1 is 1.15 bits per heavy atom. The van der Waals surface area contributed by atoms with Crippen molar-refractivity contribution < 1.29 is 4.79 Å². The van der Waals surface area contributed by atoms with Crippen molar-refractivity contribution in [2.75, 3.05) is 13.1 Å². The van der Waals surface area contributed by atoms with Crippen molar-refractivity contribution in [2.24, 2.45) is 0 Å². The Hall–Kier alpha value is -2.12. The molecule has 0 radical (unpaired) electrons. The SMILES string of the molecule is CCn1c(S[C@@H](C(=O)N2CCCC2)c2ccccc2)nnc1-c1cccs1. The largest absolute Gasteiger partial charge is 0.341 e. The summed E-state index contributed by atoms with van der Waals surface area (Å²) in [6, 6.07) is 14.1. The van der Waals surface area contributed by atoms with Crippen LogP contribution in [0.4, 0.5) is 0 Å². The zero-order valence-corrected chi connectivity index (χ0v) is 16.9. The average Bonchev–Trinajstić information content (AvgIpc) is 3.47. The van der Waals surface area contributed by atoms with Gasteiger partial charge in [0.2, 0.25) is 5.91 Å². The summed E-state index contributed by atoms with van der Waals surface area (Å²) in [5.74, 6) is 1.04. The maximum atomic E-state index is 13.2. The molecule has 1 saturated heterocycles. The molecule has 2 aromatic heterocycles. The van der Waals surface area contributed by atoms with Gasteiger partial charge in [-0.3, -0.25) is 4.79 Å². The molecule has 0 bridgehead atoms. The zero-order valence-electron chi connectivity index (χ0n) is 15.2. The van der Waals surface area contributed by atoms with Gasteiger partial charge in [0.15, 0.2) is 11.0 Å². The third-order valence-electron chi connectivity index (χ3n) is 4.74. The van der Waals surface area contributed by atoms with Crippen LogP contribution in [0.15, 0.2) is 53.0 Å². The molecule has 3 aromatic rings. The summed E-state index contributed by atoms with van der Waals surface area (Å²) in [4.78, 5) is 16.3. The molecule has 140 valence electrons. The lowest BCUT2D eigenvalue weighted by Gasteiger charge is -2.23. The molecule has 7 heteroatoms. The summed E-state index contributed by atoms with van der Waals surface area (Å²) >= 11 is 3.16. The summed E-state index contributed by atoms with van der Waals surface area (Å²) in [6.45, 7) is 4.56. The third-order valence-corrected chi connectivity index (χ3v) is 6.83. The number of likely N-dealkylation sites (tertiary alicyclic amines) is 1. The molecule has 3 heterocycles. The van der Waals surface area contributed by atoms with Crippen LogP contribution in [0.5, 0.6) is 0 Å². The van der Waals surface area contributed by atoms with Crippen LogP contribution in [-0.4, -0.2) is 38.7 Å². The predicted octanol–water partition coefficient (Wildman–Crippen LogP) is 4.48. The first kappa shape index (κ1) is 18.3. The monoisotopic (exact) mass is 398 g/mol. The fourth-order valence-corrected chi connectivity index (χ4v) is 5.25. The van der Waals surface area contributed by atoms with E-state index in [1.807, 2.05) is 46.7 Å². The minimum Gasteiger partial charge on any atom is -0.341 e. The van der Waals surface area contributed by atoms with Gasteiger partial charge in [-0.1, -0.05) is 48.2 Å². The van der Waals surface area contributed by atoms with E-state index in [-0.39, 0.29) is 11.2 Å². The van der Waals surface area contributed by atoms with Gasteiger partial charge in [-0.15, -0.1) is 21.5 Å². The highest BCUT2D eigenvalue weighted by atomic mass is 32.2. The summed E-state index contributed by atoms with van der Waals surface area (Å²) in [5.41, 5.74) is 1.02. The number of carbonyl (C=O) groups is 1. The standard InChI is InChI=1S/C20H22N4OS2/c1-2-24-18(16-11-8-14-26-16)21-22-20(24)27-17(15-9-4-3-5-10-15)19(25)23-12-6-7-13-23/h3-5,8-11,14,17H,2,6-7,12-13H2,1H3/t17-/m1/s1. The zero-order chi connectivity index (χ0) is 18.6. The van der Waals surface area contributed by atoms with E-state index < -0.39 is 0 Å². The molecule has 1 atom stereocenters. The van der Waals surface area contributed by atoms with Crippen LogP contribution < -0.4 is 0 Å². The van der Waals surface area contributed by atoms with Crippen LogP contribution >= 0.6 is 23.1 Å². The van der Waals surface area contributed by atoms with Crippen molar-refractivity contribution in [3.05, 3.63) is 53.4 Å². The number of hydrogen-bond acceptors (Lipinski definition) is 5. The molecule has 0 saturated carbocycles. The van der Waals surface area contributed by atoms with E-state index in [4.69, 9.17) is 0 Å². The Balaban J connectivity index is 1.67. The van der Waals surface area contributed by atoms with Gasteiger partial charge in [0.05, 0.1) is 4.88 Å². The van der Waals surface area contributed by atoms with E-state index in [2.05, 4.69) is 27.8 Å². The Morgan fingerprint density at radius 3 is 2.59 bits per heavy atom. The van der Waals surface area contributed by atoms with Gasteiger partial charge < -0.3 is 9.47 Å². The molecule has 1 amide bonds. The first-order chi connectivity index (χ1) is 13.3. The molecule has 0 N–H and O–H groups in total. The highest BCUT2D eigenvalue weighted by molar-refractivity contribution is 8.00. The minimum absolute atomic E-state index is 0.173. The lowest BCUT2D eigenvalue weighted by molar-refractivity contribution is -0.129. The first-order valence-electron chi connectivity index (χ1n) is 9.25. The van der Waals surface area contributed by atoms with Gasteiger partial charge >= 0.3 is 0 Å². The molecule has 1 aromatic carbocycles. The summed E-state index contributed by atoms with van der Waals surface area (Å²) in [6.07, 6.45) is 2.18. The Labute approximate surface area is 167 Å². The van der Waals surface area contributed by atoms with Crippen molar-refractivity contribution in [1.82, 2.24) is 19.7 Å². The van der Waals surface area contributed by atoms with Crippen molar-refractivity contribution in [3.8, 4) is 10.7 Å². The molecule has 27 heavy (non-hydrogen) atoms. The number of nitrogens with zero attached hydrogens (tertiary/aromatic N) is 4. The second-order valence-corrected chi connectivity index (χ2v) is 8.49. The third kappa shape index (κ3) is 3.80. The van der Waals surface area contributed by atoms with Crippen LogP contribution in [0, 0.1) is 0 Å². The second kappa shape index (κ2) is 8.27. The van der Waals surface area contributed by atoms with Crippen LogP contribution in [0.3, 0.4) is 0 Å². The van der Waals surface area contributed by atoms with Crippen molar-refractivity contribution in [1.29, 1.82) is 0 Å². The fourth-order valence-electron chi connectivity index (χ4n) is 3.35. The number of thiophene rings is 1. The molecule has 0 spiro atoms. The molecular formula is C20H22N4OS2. The Kier molecular flexibility index (Phi) is 5.59. The molecule has 5 nitrogen and oxygen atoms in total. The topological polar surface area (TPSA) is 51.0 Å². The molecule has 1 aliphatic heterocycles. The number of aromatic nitrogens is 3. The van der Waals surface area contributed by atoms with E-state index in [1.54, 1.807) is 11.3 Å². The van der Waals surface area contributed by atoms with E-state index in [1.165, 1.54) is 11.8 Å². The summed E-state index contributed by atoms with van der Waals surface area (Å²) < 4.78 is 2.10. The quantitative estimate of drug-likeness (QED) is 0.575. The van der Waals surface area contributed by atoms with Crippen molar-refractivity contribution in [3.63, 3.8) is 0 Å². The maximum Gasteiger partial charge on any atom is 0.240 e. The van der Waals surface area contributed by atoms with Crippen LogP contribution in [-0.2, 0) is 11.3 Å². The smallest absolute Gasteiger partial charge is 0.240 e. The van der Waals surface area contributed by atoms with Gasteiger partial charge in [-0.25, -0.2) is 0 Å². The van der Waals surface area contributed by atoms with Crippen LogP contribution in [0.2, 0.25) is 0 Å². The number of thioether (sulfide) groups is 1. The van der Waals surface area contributed by atoms with Gasteiger partial charge in [-0.05, 0) is 36.8 Å². The van der Waals surface area contributed by atoms with Gasteiger partial charge in [-0.2, -0.15) is 0 Å². The van der Waals surface area contributed by atoms with Gasteiger partial charge in [0.1, 0.15) is 5.25 Å². The highest BCUT2D eigenvalue weighted by Crippen LogP contribution is 2.38. The molecule has 4 rings (SSSR count). The first-order valence-corrected chi connectivity index (χ1v) is 11.0. The van der Waals surface area contributed by atoms with Crippen molar-refractivity contribution >= 4 is 29.0 Å². The lowest BCUT2D eigenvalue weighted by Crippen LogP contribution is -2.31. The van der Waals surface area contributed by atoms with E-state index in [0.717, 1.165) is 53.9 Å².